The summed E-state index contributed by atoms with van der Waals surface area (Å²) in [5.74, 6) is 1.11. The van der Waals surface area contributed by atoms with Gasteiger partial charge in [-0.05, 0) is 86.2 Å². The Morgan fingerprint density at radius 1 is 1.12 bits per heavy atom. The lowest BCUT2D eigenvalue weighted by Crippen LogP contribution is -2.34. The fraction of sp³-hybridized carbons (Fsp3) is 0.714. The lowest BCUT2D eigenvalue weighted by Gasteiger charge is -2.45. The van der Waals surface area contributed by atoms with Crippen molar-refractivity contribution in [3.05, 3.63) is 47.3 Å². The van der Waals surface area contributed by atoms with E-state index in [1.165, 1.54) is 50.7 Å². The summed E-state index contributed by atoms with van der Waals surface area (Å²) in [5.41, 5.74) is 2.00. The molecule has 4 heteroatoms. The lowest BCUT2D eigenvalue weighted by molar-refractivity contribution is 0.0970. The van der Waals surface area contributed by atoms with Crippen molar-refractivity contribution >= 4 is 9.52 Å². The van der Waals surface area contributed by atoms with Crippen molar-refractivity contribution in [1.82, 2.24) is 0 Å². The van der Waals surface area contributed by atoms with Crippen LogP contribution < -0.4 is 0 Å². The van der Waals surface area contributed by atoms with Crippen molar-refractivity contribution in [3.8, 4) is 0 Å². The first-order chi connectivity index (χ1) is 15.4. The molecular formula is C28H43F3Si. The minimum atomic E-state index is -2.74. The van der Waals surface area contributed by atoms with Gasteiger partial charge in [0, 0.05) is 9.52 Å². The number of allylic oxidation sites excluding steroid dienone is 2. The Bertz CT molecular complexity index is 738. The van der Waals surface area contributed by atoms with E-state index in [1.807, 2.05) is 0 Å². The van der Waals surface area contributed by atoms with Crippen LogP contribution in [0.4, 0.5) is 13.2 Å². The highest BCUT2D eigenvalue weighted by atomic mass is 28.2. The number of hydrogen-bond acceptors (Lipinski definition) is 0. The molecule has 32 heavy (non-hydrogen) atoms. The zero-order valence-corrected chi connectivity index (χ0v) is 21.8. The third kappa shape index (κ3) is 6.30. The standard InChI is InChI=1S/C28H43F3Si/c1-4-15-28(17-14-24(32-3)18-20(28)2)16-6-5-7-21-8-10-22(11-9-21)23-12-13-25(27(30)31)26(29)19-23/h5-6,12-13,19-22,24,27H,4,7-11,14-18,32H2,1-3H3/b6-5-/t20-,21?,22?,24-,28-/m1/s1. The smallest absolute Gasteiger partial charge is 0.206 e. The molecule has 2 saturated carbocycles. The molecule has 2 fully saturated rings. The van der Waals surface area contributed by atoms with Gasteiger partial charge in [-0.25, -0.2) is 13.2 Å². The van der Waals surface area contributed by atoms with E-state index in [0.29, 0.717) is 17.3 Å². The predicted octanol–water partition coefficient (Wildman–Crippen LogP) is 8.99. The average molecular weight is 465 g/mol. The van der Waals surface area contributed by atoms with E-state index in [9.17, 15) is 13.2 Å². The van der Waals surface area contributed by atoms with Crippen LogP contribution in [0.15, 0.2) is 30.4 Å². The Balaban J connectivity index is 1.47. The van der Waals surface area contributed by atoms with Gasteiger partial charge in [0.05, 0.1) is 5.56 Å². The van der Waals surface area contributed by atoms with Gasteiger partial charge in [-0.2, -0.15) is 0 Å². The Kier molecular flexibility index (Phi) is 9.52. The third-order valence-corrected chi connectivity index (χ3v) is 10.7. The molecule has 0 radical (unpaired) electrons. The zero-order chi connectivity index (χ0) is 23.1. The second kappa shape index (κ2) is 11.9. The summed E-state index contributed by atoms with van der Waals surface area (Å²) in [6, 6.07) is 4.32. The van der Waals surface area contributed by atoms with Gasteiger partial charge in [0.15, 0.2) is 0 Å². The maximum absolute atomic E-state index is 14.0. The number of hydrogen-bond donors (Lipinski definition) is 0. The average Bonchev–Trinajstić information content (AvgIpc) is 2.78. The molecule has 0 aromatic heterocycles. The summed E-state index contributed by atoms with van der Waals surface area (Å²) in [7, 11) is 0.133. The van der Waals surface area contributed by atoms with Gasteiger partial charge in [0.25, 0.3) is 6.43 Å². The number of rotatable bonds is 9. The molecule has 180 valence electrons. The quantitative estimate of drug-likeness (QED) is 0.253. The first kappa shape index (κ1) is 25.6. The fourth-order valence-corrected chi connectivity index (χ4v) is 8.01. The molecule has 2 aliphatic rings. The highest BCUT2D eigenvalue weighted by Gasteiger charge is 2.38. The zero-order valence-electron chi connectivity index (χ0n) is 20.4. The SMILES string of the molecule is CCC[C@@]1(C/C=C\CC2CCC(c3ccc(C(F)F)c(F)c3)CC2)CC[C@@H]([SiH2]C)C[C@H]1C. The van der Waals surface area contributed by atoms with Crippen LogP contribution >= 0.6 is 0 Å². The number of alkyl halides is 2. The molecule has 1 aromatic rings. The largest absolute Gasteiger partial charge is 0.266 e. The van der Waals surface area contributed by atoms with E-state index in [1.54, 1.807) is 6.07 Å². The van der Waals surface area contributed by atoms with Gasteiger partial charge in [-0.15, -0.1) is 0 Å². The van der Waals surface area contributed by atoms with Crippen LogP contribution in [0.3, 0.4) is 0 Å². The molecule has 1 aromatic carbocycles. The maximum atomic E-state index is 14.0. The normalized spacial score (nSPS) is 31.8. The van der Waals surface area contributed by atoms with E-state index in [-0.39, 0.29) is 9.52 Å². The Morgan fingerprint density at radius 3 is 2.47 bits per heavy atom. The van der Waals surface area contributed by atoms with E-state index < -0.39 is 17.8 Å². The van der Waals surface area contributed by atoms with Gasteiger partial charge in [-0.3, -0.25) is 0 Å². The molecule has 0 N–H and O–H groups in total. The summed E-state index contributed by atoms with van der Waals surface area (Å²) >= 11 is 0. The summed E-state index contributed by atoms with van der Waals surface area (Å²) in [6.07, 6.45) is 15.9. The summed E-state index contributed by atoms with van der Waals surface area (Å²) < 4.78 is 39.6. The summed E-state index contributed by atoms with van der Waals surface area (Å²) in [6.45, 7) is 7.33. The van der Waals surface area contributed by atoms with E-state index >= 15 is 0 Å². The third-order valence-electron chi connectivity index (χ3n) is 8.85. The predicted molar refractivity (Wildman–Crippen MR) is 133 cm³/mol. The van der Waals surface area contributed by atoms with E-state index in [0.717, 1.165) is 49.1 Å². The molecule has 3 atom stereocenters. The first-order valence-electron chi connectivity index (χ1n) is 13.1. The minimum Gasteiger partial charge on any atom is -0.206 e. The van der Waals surface area contributed by atoms with Gasteiger partial charge in [0.2, 0.25) is 0 Å². The van der Waals surface area contributed by atoms with Crippen LogP contribution in [0.25, 0.3) is 0 Å². The van der Waals surface area contributed by atoms with Gasteiger partial charge in [-0.1, -0.05) is 69.5 Å². The summed E-state index contributed by atoms with van der Waals surface area (Å²) in [5, 5.41) is 0. The minimum absolute atomic E-state index is 0.133. The van der Waals surface area contributed by atoms with Crippen LogP contribution in [-0.2, 0) is 0 Å². The fourth-order valence-electron chi connectivity index (χ4n) is 6.56. The molecule has 0 heterocycles. The molecule has 0 nitrogen and oxygen atoms in total. The molecule has 0 amide bonds. The van der Waals surface area contributed by atoms with Gasteiger partial charge >= 0.3 is 0 Å². The second-order valence-corrected chi connectivity index (χ2v) is 12.7. The van der Waals surface area contributed by atoms with Crippen molar-refractivity contribution in [2.24, 2.45) is 17.3 Å². The van der Waals surface area contributed by atoms with E-state index in [4.69, 9.17) is 0 Å². The van der Waals surface area contributed by atoms with Crippen molar-refractivity contribution in [2.75, 3.05) is 0 Å². The molecular weight excluding hydrogens is 421 g/mol. The summed E-state index contributed by atoms with van der Waals surface area (Å²) in [4.78, 5) is 0. The van der Waals surface area contributed by atoms with Crippen molar-refractivity contribution < 1.29 is 13.2 Å². The highest BCUT2D eigenvalue weighted by Crippen LogP contribution is 2.51. The molecule has 0 saturated heterocycles. The van der Waals surface area contributed by atoms with Crippen LogP contribution in [-0.4, -0.2) is 9.52 Å². The van der Waals surface area contributed by atoms with Crippen molar-refractivity contribution in [3.63, 3.8) is 0 Å². The molecule has 0 bridgehead atoms. The Morgan fingerprint density at radius 2 is 1.88 bits per heavy atom. The molecule has 0 unspecified atom stereocenters. The van der Waals surface area contributed by atoms with Crippen molar-refractivity contribution in [1.29, 1.82) is 0 Å². The van der Waals surface area contributed by atoms with Crippen LogP contribution in [0.2, 0.25) is 12.1 Å². The lowest BCUT2D eigenvalue weighted by atomic mass is 9.62. The van der Waals surface area contributed by atoms with Crippen LogP contribution in [0, 0.1) is 23.1 Å². The second-order valence-electron chi connectivity index (χ2n) is 10.8. The topological polar surface area (TPSA) is 0 Å². The number of halogens is 3. The monoisotopic (exact) mass is 464 g/mol. The van der Waals surface area contributed by atoms with Crippen LogP contribution in [0.1, 0.15) is 108 Å². The molecule has 0 spiro atoms. The molecule has 3 rings (SSSR count). The van der Waals surface area contributed by atoms with Gasteiger partial charge < -0.3 is 0 Å². The Labute approximate surface area is 196 Å². The first-order valence-corrected chi connectivity index (χ1v) is 15.3. The maximum Gasteiger partial charge on any atom is 0.266 e. The van der Waals surface area contributed by atoms with Crippen LogP contribution in [0.5, 0.6) is 0 Å². The highest BCUT2D eigenvalue weighted by molar-refractivity contribution is 6.35. The Hall–Kier alpha value is -1.03. The van der Waals surface area contributed by atoms with Gasteiger partial charge in [0.1, 0.15) is 5.82 Å². The number of benzene rings is 1. The van der Waals surface area contributed by atoms with Crippen molar-refractivity contribution in [2.45, 2.75) is 109 Å². The molecule has 2 aliphatic carbocycles. The van der Waals surface area contributed by atoms with E-state index in [2.05, 4.69) is 32.5 Å². The molecule has 0 aliphatic heterocycles.